The molecule has 1 atom stereocenters. The number of aromatic nitrogens is 1. The van der Waals surface area contributed by atoms with E-state index in [1.807, 2.05) is 32.3 Å². The summed E-state index contributed by atoms with van der Waals surface area (Å²) in [7, 11) is 6.14. The van der Waals surface area contributed by atoms with Crippen LogP contribution < -0.4 is 15.5 Å². The van der Waals surface area contributed by atoms with Crippen LogP contribution in [0.1, 0.15) is 19.8 Å². The van der Waals surface area contributed by atoms with E-state index in [0.29, 0.717) is 18.4 Å². The molecule has 6 nitrogen and oxygen atoms in total. The van der Waals surface area contributed by atoms with Crippen LogP contribution in [0.15, 0.2) is 18.3 Å². The van der Waals surface area contributed by atoms with Crippen LogP contribution in [0.5, 0.6) is 0 Å². The van der Waals surface area contributed by atoms with Gasteiger partial charge >= 0.3 is 0 Å². The number of halogens is 3. The minimum absolute atomic E-state index is 0. The molecule has 0 saturated carbocycles. The number of rotatable bonds is 6. The van der Waals surface area contributed by atoms with Crippen molar-refractivity contribution in [2.45, 2.75) is 25.8 Å². The smallest absolute Gasteiger partial charge is 0.229 e. The average Bonchev–Trinajstić information content (AvgIpc) is 2.56. The van der Waals surface area contributed by atoms with E-state index < -0.39 is 0 Å². The van der Waals surface area contributed by atoms with E-state index in [1.54, 1.807) is 0 Å². The summed E-state index contributed by atoms with van der Waals surface area (Å²) in [5.74, 6) is 0.530. The van der Waals surface area contributed by atoms with Gasteiger partial charge in [0, 0.05) is 31.6 Å². The van der Waals surface area contributed by atoms with E-state index in [0.717, 1.165) is 18.8 Å². The first-order valence-corrected chi connectivity index (χ1v) is 8.34. The highest BCUT2D eigenvalue weighted by molar-refractivity contribution is 5.91. The van der Waals surface area contributed by atoms with Crippen LogP contribution in [0, 0.1) is 5.92 Å². The van der Waals surface area contributed by atoms with E-state index in [9.17, 15) is 4.79 Å². The van der Waals surface area contributed by atoms with Crippen molar-refractivity contribution < 1.29 is 4.79 Å². The van der Waals surface area contributed by atoms with Crippen LogP contribution in [-0.2, 0) is 4.79 Å². The fraction of sp³-hybridized carbons (Fsp3) is 0.647. The molecule has 1 aromatic rings. The highest BCUT2D eigenvalue weighted by Gasteiger charge is 2.21. The lowest BCUT2D eigenvalue weighted by molar-refractivity contribution is -0.119. The topological polar surface area (TPSA) is 60.5 Å². The predicted octanol–water partition coefficient (Wildman–Crippen LogP) is 2.67. The fourth-order valence-electron chi connectivity index (χ4n) is 2.94. The summed E-state index contributed by atoms with van der Waals surface area (Å²) in [5.41, 5.74) is 1.13. The third-order valence-corrected chi connectivity index (χ3v) is 4.52. The number of carbonyl (C=O) groups excluding carboxylic acids is 1. The van der Waals surface area contributed by atoms with Crippen molar-refractivity contribution in [1.82, 2.24) is 15.2 Å². The van der Waals surface area contributed by atoms with Crippen molar-refractivity contribution in [2.24, 2.45) is 5.92 Å². The molecule has 1 aromatic heterocycles. The average molecular weight is 429 g/mol. The van der Waals surface area contributed by atoms with E-state index >= 15 is 0 Å². The molecule has 0 spiro atoms. The number of hydrogen-bond acceptors (Lipinski definition) is 5. The maximum atomic E-state index is 12.0. The van der Waals surface area contributed by atoms with Gasteiger partial charge in [-0.15, -0.1) is 37.2 Å². The zero-order valence-electron chi connectivity index (χ0n) is 15.9. The molecule has 0 aromatic carbocycles. The first-order valence-electron chi connectivity index (χ1n) is 8.34. The molecule has 2 rings (SSSR count). The molecule has 2 heterocycles. The third kappa shape index (κ3) is 7.84. The maximum absolute atomic E-state index is 12.0. The molecule has 1 unspecified atom stereocenters. The lowest BCUT2D eigenvalue weighted by Crippen LogP contribution is -2.42. The van der Waals surface area contributed by atoms with Gasteiger partial charge < -0.3 is 20.4 Å². The Hall–Kier alpha value is -0.790. The SMILES string of the molecule is CNCC(C)C(=O)Nc1ccc(N2CCC(N(C)C)CC2)cn1.Cl.Cl.Cl. The number of amides is 1. The molecule has 0 aliphatic carbocycles. The number of piperidine rings is 1. The summed E-state index contributed by atoms with van der Waals surface area (Å²) in [4.78, 5) is 21.0. The molecule has 1 aliphatic heterocycles. The van der Waals surface area contributed by atoms with Gasteiger partial charge in [0.1, 0.15) is 5.82 Å². The molecule has 0 radical (unpaired) electrons. The molecule has 1 aliphatic rings. The lowest BCUT2D eigenvalue weighted by atomic mass is 10.0. The van der Waals surface area contributed by atoms with Gasteiger partial charge in [0.2, 0.25) is 5.91 Å². The van der Waals surface area contributed by atoms with Crippen molar-refractivity contribution in [2.75, 3.05) is 51.0 Å². The Morgan fingerprint density at radius 2 is 1.88 bits per heavy atom. The van der Waals surface area contributed by atoms with Gasteiger partial charge in [-0.25, -0.2) is 4.98 Å². The summed E-state index contributed by atoms with van der Waals surface area (Å²) in [5, 5.41) is 5.87. The second-order valence-electron chi connectivity index (χ2n) is 6.53. The molecular formula is C17H32Cl3N5O. The number of pyridine rings is 1. The van der Waals surface area contributed by atoms with Crippen molar-refractivity contribution in [1.29, 1.82) is 0 Å². The molecular weight excluding hydrogens is 397 g/mol. The number of carbonyl (C=O) groups is 1. The monoisotopic (exact) mass is 427 g/mol. The van der Waals surface area contributed by atoms with Gasteiger partial charge in [0.25, 0.3) is 0 Å². The highest BCUT2D eigenvalue weighted by Crippen LogP contribution is 2.22. The number of nitrogens with one attached hydrogen (secondary N) is 2. The quantitative estimate of drug-likeness (QED) is 0.729. The molecule has 152 valence electrons. The van der Waals surface area contributed by atoms with Crippen LogP contribution in [0.4, 0.5) is 11.5 Å². The number of hydrogen-bond donors (Lipinski definition) is 2. The van der Waals surface area contributed by atoms with Crippen LogP contribution in [0.25, 0.3) is 0 Å². The number of anilines is 2. The van der Waals surface area contributed by atoms with Crippen LogP contribution in [0.3, 0.4) is 0 Å². The molecule has 9 heteroatoms. The van der Waals surface area contributed by atoms with Crippen molar-refractivity contribution in [3.63, 3.8) is 0 Å². The van der Waals surface area contributed by atoms with E-state index in [2.05, 4.69) is 39.5 Å². The van der Waals surface area contributed by atoms with Crippen molar-refractivity contribution in [3.05, 3.63) is 18.3 Å². The summed E-state index contributed by atoms with van der Waals surface area (Å²) >= 11 is 0. The van der Waals surface area contributed by atoms with E-state index in [1.165, 1.54) is 12.8 Å². The van der Waals surface area contributed by atoms with Gasteiger partial charge in [0.15, 0.2) is 0 Å². The zero-order valence-corrected chi connectivity index (χ0v) is 18.3. The Labute approximate surface area is 175 Å². The summed E-state index contributed by atoms with van der Waals surface area (Å²) in [6, 6.07) is 4.60. The molecule has 0 bridgehead atoms. The second kappa shape index (κ2) is 13.4. The maximum Gasteiger partial charge on any atom is 0.229 e. The Balaban J connectivity index is 0. The van der Waals surface area contributed by atoms with E-state index in [-0.39, 0.29) is 49.0 Å². The summed E-state index contributed by atoms with van der Waals surface area (Å²) in [6.07, 6.45) is 4.20. The highest BCUT2D eigenvalue weighted by atomic mass is 35.5. The lowest BCUT2D eigenvalue weighted by Gasteiger charge is -2.36. The second-order valence-corrected chi connectivity index (χ2v) is 6.53. The van der Waals surface area contributed by atoms with E-state index in [4.69, 9.17) is 0 Å². The van der Waals surface area contributed by atoms with Gasteiger partial charge in [-0.3, -0.25) is 4.79 Å². The molecule has 26 heavy (non-hydrogen) atoms. The summed E-state index contributed by atoms with van der Waals surface area (Å²) < 4.78 is 0. The summed E-state index contributed by atoms with van der Waals surface area (Å²) in [6.45, 7) is 4.66. The largest absolute Gasteiger partial charge is 0.370 e. The Bertz CT molecular complexity index is 508. The van der Waals surface area contributed by atoms with Crippen LogP contribution in [0.2, 0.25) is 0 Å². The normalized spacial score (nSPS) is 15.3. The molecule has 2 N–H and O–H groups in total. The Morgan fingerprint density at radius 1 is 1.27 bits per heavy atom. The first-order chi connectivity index (χ1) is 11.0. The minimum atomic E-state index is -0.0773. The zero-order chi connectivity index (χ0) is 16.8. The molecule has 1 fully saturated rings. The minimum Gasteiger partial charge on any atom is -0.370 e. The predicted molar refractivity (Wildman–Crippen MR) is 117 cm³/mol. The Kier molecular flexibility index (Phi) is 14.1. The van der Waals surface area contributed by atoms with Gasteiger partial charge in [-0.05, 0) is 46.1 Å². The standard InChI is InChI=1S/C17H29N5O.3ClH/c1-13(11-18-2)17(23)20-16-6-5-15(12-19-16)22-9-7-14(8-10-22)21(3)4;;;/h5-6,12-14,18H,7-11H2,1-4H3,(H,19,20,23);3*1H. The number of nitrogens with zero attached hydrogens (tertiary/aromatic N) is 3. The van der Waals surface area contributed by atoms with Crippen molar-refractivity contribution >= 4 is 54.6 Å². The molecule has 1 amide bonds. The van der Waals surface area contributed by atoms with Crippen LogP contribution >= 0.6 is 37.2 Å². The fourth-order valence-corrected chi connectivity index (χ4v) is 2.94. The van der Waals surface area contributed by atoms with Crippen LogP contribution in [-0.4, -0.2) is 62.6 Å². The Morgan fingerprint density at radius 3 is 2.35 bits per heavy atom. The van der Waals surface area contributed by atoms with Gasteiger partial charge in [0.05, 0.1) is 11.9 Å². The van der Waals surface area contributed by atoms with Gasteiger partial charge in [-0.1, -0.05) is 6.92 Å². The van der Waals surface area contributed by atoms with Crippen molar-refractivity contribution in [3.8, 4) is 0 Å². The first kappa shape index (κ1) is 27.4. The van der Waals surface area contributed by atoms with Gasteiger partial charge in [-0.2, -0.15) is 0 Å². The molecule has 1 saturated heterocycles. The third-order valence-electron chi connectivity index (χ3n) is 4.52.